The average molecular weight is 659 g/mol. The number of hydrogen-bond donors (Lipinski definition) is 4. The predicted molar refractivity (Wildman–Crippen MR) is 187 cm³/mol. The molecular formula is C37H46N4O5S. The second-order valence-corrected chi connectivity index (χ2v) is 13.8. The van der Waals surface area contributed by atoms with E-state index in [4.69, 9.17) is 9.84 Å². The molecule has 4 N–H and O–H groups in total. The molecule has 0 saturated heterocycles. The minimum Gasteiger partial charge on any atom is -0.494 e. The van der Waals surface area contributed by atoms with Crippen LogP contribution in [0.25, 0.3) is 22.5 Å². The maximum atomic E-state index is 13.1. The van der Waals surface area contributed by atoms with Crippen molar-refractivity contribution in [3.63, 3.8) is 0 Å². The van der Waals surface area contributed by atoms with Gasteiger partial charge < -0.3 is 20.3 Å². The smallest absolute Gasteiger partial charge is 0.317 e. The molecule has 47 heavy (non-hydrogen) atoms. The number of hydrogen-bond acceptors (Lipinski definition) is 8. The minimum absolute atomic E-state index is 0.0926. The Labute approximate surface area is 281 Å². The lowest BCUT2D eigenvalue weighted by atomic mass is 9.95. The van der Waals surface area contributed by atoms with Crippen molar-refractivity contribution in [1.82, 2.24) is 20.6 Å². The maximum absolute atomic E-state index is 13.1. The van der Waals surface area contributed by atoms with Crippen molar-refractivity contribution in [3.8, 4) is 28.3 Å². The number of unbranched alkanes of at least 4 members (excludes halogenated alkanes) is 4. The van der Waals surface area contributed by atoms with Crippen LogP contribution in [0.2, 0.25) is 0 Å². The van der Waals surface area contributed by atoms with Crippen molar-refractivity contribution in [2.45, 2.75) is 83.9 Å². The molecule has 1 unspecified atom stereocenters. The number of carboxylic acids is 1. The number of nitrogens with zero attached hydrogens (tertiary/aromatic N) is 2. The zero-order valence-electron chi connectivity index (χ0n) is 27.7. The first-order valence-corrected chi connectivity index (χ1v) is 17.0. The molecule has 9 nitrogen and oxygen atoms in total. The number of aromatic nitrogens is 2. The van der Waals surface area contributed by atoms with Crippen molar-refractivity contribution in [3.05, 3.63) is 88.4 Å². The van der Waals surface area contributed by atoms with Gasteiger partial charge in [-0.05, 0) is 53.6 Å². The van der Waals surface area contributed by atoms with E-state index in [9.17, 15) is 14.7 Å². The molecule has 0 saturated carbocycles. The lowest BCUT2D eigenvalue weighted by molar-refractivity contribution is -0.136. The second-order valence-electron chi connectivity index (χ2n) is 12.7. The Balaban J connectivity index is 1.38. The topological polar surface area (TPSA) is 134 Å². The van der Waals surface area contributed by atoms with Gasteiger partial charge in [-0.1, -0.05) is 89.8 Å². The third-order valence-electron chi connectivity index (χ3n) is 7.75. The molecule has 4 aromatic rings. The minimum atomic E-state index is -1.27. The molecule has 0 bridgehead atoms. The van der Waals surface area contributed by atoms with Gasteiger partial charge in [0.1, 0.15) is 12.0 Å². The maximum Gasteiger partial charge on any atom is 0.317 e. The van der Waals surface area contributed by atoms with E-state index in [1.54, 1.807) is 18.5 Å². The quantitative estimate of drug-likeness (QED) is 0.0715. The summed E-state index contributed by atoms with van der Waals surface area (Å²) < 4.78 is 5.88. The Bertz CT molecular complexity index is 1560. The summed E-state index contributed by atoms with van der Waals surface area (Å²) in [4.78, 5) is 35.0. The van der Waals surface area contributed by atoms with Crippen LogP contribution in [0.15, 0.2) is 73.1 Å². The highest BCUT2D eigenvalue weighted by Crippen LogP contribution is 2.29. The Morgan fingerprint density at radius 1 is 0.872 bits per heavy atom. The SMILES string of the molecule is CCCCCCCOc1ccc(-c2cnc(-c3ccc(C[C@@H](NC(=O)c4ccc(C(C)(C)C)s4)C(O)NCC(=O)O)cc3)nc2)cc1. The number of amides is 1. The van der Waals surface area contributed by atoms with E-state index in [-0.39, 0.29) is 17.7 Å². The molecule has 0 aliphatic heterocycles. The highest BCUT2D eigenvalue weighted by atomic mass is 32.1. The van der Waals surface area contributed by atoms with Gasteiger partial charge in [0.2, 0.25) is 0 Å². The van der Waals surface area contributed by atoms with Gasteiger partial charge in [-0.2, -0.15) is 0 Å². The number of aliphatic carboxylic acids is 1. The molecule has 0 radical (unpaired) electrons. The largest absolute Gasteiger partial charge is 0.494 e. The van der Waals surface area contributed by atoms with Crippen LogP contribution in [0.3, 0.4) is 0 Å². The van der Waals surface area contributed by atoms with Gasteiger partial charge >= 0.3 is 5.97 Å². The zero-order valence-corrected chi connectivity index (χ0v) is 28.5. The molecule has 4 rings (SSSR count). The van der Waals surface area contributed by atoms with Crippen LogP contribution >= 0.6 is 11.3 Å². The summed E-state index contributed by atoms with van der Waals surface area (Å²) in [5, 5.41) is 25.3. The standard InChI is InChI=1S/C37H46N4O5S/c1-5-6-7-8-9-20-46-29-16-14-26(15-17-29)28-22-38-34(39-23-28)27-12-10-25(11-13-27)21-30(35(44)40-24-33(42)43)41-36(45)31-18-19-32(47-31)37(2,3)4/h10-19,22-23,30,35,40,44H,5-9,20-21,24H2,1-4H3,(H,41,45)(H,42,43)/t30-,35?/m1/s1. The number of carbonyl (C=O) groups excluding carboxylic acids is 1. The fraction of sp³-hybridized carbons (Fsp3) is 0.405. The van der Waals surface area contributed by atoms with E-state index in [0.29, 0.717) is 10.7 Å². The number of aliphatic hydroxyl groups excluding tert-OH is 1. The molecule has 0 spiro atoms. The van der Waals surface area contributed by atoms with E-state index < -0.39 is 24.8 Å². The number of carbonyl (C=O) groups is 2. The third-order valence-corrected chi connectivity index (χ3v) is 9.26. The first kappa shape index (κ1) is 35.7. The van der Waals surface area contributed by atoms with Crippen LogP contribution < -0.4 is 15.4 Å². The fourth-order valence-electron chi connectivity index (χ4n) is 4.99. The molecule has 10 heteroatoms. The van der Waals surface area contributed by atoms with Crippen molar-refractivity contribution >= 4 is 23.2 Å². The molecule has 2 aromatic carbocycles. The van der Waals surface area contributed by atoms with Crippen molar-refractivity contribution in [2.24, 2.45) is 0 Å². The Morgan fingerprint density at radius 2 is 1.53 bits per heavy atom. The molecule has 0 aliphatic rings. The molecule has 250 valence electrons. The van der Waals surface area contributed by atoms with Gasteiger partial charge in [-0.3, -0.25) is 14.9 Å². The first-order valence-electron chi connectivity index (χ1n) is 16.2. The van der Waals surface area contributed by atoms with E-state index >= 15 is 0 Å². The monoisotopic (exact) mass is 658 g/mol. The van der Waals surface area contributed by atoms with Crippen molar-refractivity contribution < 1.29 is 24.5 Å². The zero-order chi connectivity index (χ0) is 33.8. The van der Waals surface area contributed by atoms with Gasteiger partial charge in [-0.25, -0.2) is 9.97 Å². The van der Waals surface area contributed by atoms with Crippen molar-refractivity contribution in [1.29, 1.82) is 0 Å². The van der Waals surface area contributed by atoms with Crippen LogP contribution in [0.4, 0.5) is 0 Å². The van der Waals surface area contributed by atoms with Gasteiger partial charge in [0.15, 0.2) is 5.82 Å². The number of thiophene rings is 1. The van der Waals surface area contributed by atoms with Gasteiger partial charge in [0.05, 0.1) is 24.1 Å². The molecule has 0 aliphatic carbocycles. The van der Waals surface area contributed by atoms with Crippen LogP contribution in [-0.2, 0) is 16.6 Å². The Hall–Kier alpha value is -4.12. The van der Waals surface area contributed by atoms with Gasteiger partial charge in [0.25, 0.3) is 5.91 Å². The number of benzene rings is 2. The molecule has 2 heterocycles. The lowest BCUT2D eigenvalue weighted by Gasteiger charge is -2.24. The first-order chi connectivity index (χ1) is 22.5. The van der Waals surface area contributed by atoms with E-state index in [0.717, 1.165) is 45.9 Å². The third kappa shape index (κ3) is 11.0. The average Bonchev–Trinajstić information content (AvgIpc) is 3.58. The predicted octanol–water partition coefficient (Wildman–Crippen LogP) is 6.85. The second kappa shape index (κ2) is 17.2. The Kier molecular flexibility index (Phi) is 13.0. The number of rotatable bonds is 17. The number of aliphatic hydroxyl groups is 1. The molecule has 2 aromatic heterocycles. The van der Waals surface area contributed by atoms with Crippen LogP contribution in [-0.4, -0.2) is 57.5 Å². The van der Waals surface area contributed by atoms with Crippen molar-refractivity contribution in [2.75, 3.05) is 13.2 Å². The summed E-state index contributed by atoms with van der Waals surface area (Å²) >= 11 is 1.40. The normalized spacial score (nSPS) is 12.8. The lowest BCUT2D eigenvalue weighted by Crippen LogP contribution is -2.52. The highest BCUT2D eigenvalue weighted by Gasteiger charge is 2.25. The molecule has 2 atom stereocenters. The summed E-state index contributed by atoms with van der Waals surface area (Å²) in [6.45, 7) is 8.74. The summed E-state index contributed by atoms with van der Waals surface area (Å²) in [6.07, 6.45) is 8.62. The van der Waals surface area contributed by atoms with E-state index in [1.165, 1.54) is 37.0 Å². The molecule has 0 fully saturated rings. The molecule has 1 amide bonds. The number of carboxylic acid groups (broad SMARTS) is 1. The highest BCUT2D eigenvalue weighted by molar-refractivity contribution is 7.14. The van der Waals surface area contributed by atoms with Crippen LogP contribution in [0, 0.1) is 0 Å². The fourth-order valence-corrected chi connectivity index (χ4v) is 5.95. The summed E-state index contributed by atoms with van der Waals surface area (Å²) in [7, 11) is 0. The van der Waals surface area contributed by atoms with E-state index in [1.807, 2.05) is 54.6 Å². The van der Waals surface area contributed by atoms with E-state index in [2.05, 4.69) is 48.3 Å². The number of ether oxygens (including phenoxy) is 1. The molecular weight excluding hydrogens is 612 g/mol. The summed E-state index contributed by atoms with van der Waals surface area (Å²) in [5.74, 6) is 0.00241. The van der Waals surface area contributed by atoms with Crippen LogP contribution in [0.1, 0.15) is 79.9 Å². The number of nitrogens with one attached hydrogen (secondary N) is 2. The van der Waals surface area contributed by atoms with Gasteiger partial charge in [-0.15, -0.1) is 11.3 Å². The van der Waals surface area contributed by atoms with Gasteiger partial charge in [0, 0.05) is 28.4 Å². The Morgan fingerprint density at radius 3 is 2.15 bits per heavy atom. The van der Waals surface area contributed by atoms with Crippen LogP contribution in [0.5, 0.6) is 5.75 Å². The summed E-state index contributed by atoms with van der Waals surface area (Å²) in [5.41, 5.74) is 3.48. The summed E-state index contributed by atoms with van der Waals surface area (Å²) in [6, 6.07) is 18.5.